The fourth-order valence-corrected chi connectivity index (χ4v) is 4.04. The highest BCUT2D eigenvalue weighted by Gasteiger charge is 2.46. The summed E-state index contributed by atoms with van der Waals surface area (Å²) in [6.45, 7) is 0.553. The van der Waals surface area contributed by atoms with E-state index >= 15 is 0 Å². The molecule has 6 heteroatoms. The molecule has 1 aromatic carbocycles. The monoisotopic (exact) mass is 310 g/mol. The van der Waals surface area contributed by atoms with Crippen LogP contribution in [0.15, 0.2) is 24.3 Å². The van der Waals surface area contributed by atoms with Crippen molar-refractivity contribution in [1.29, 1.82) is 0 Å². The molecule has 5 nitrogen and oxygen atoms in total. The molecule has 3 N–H and O–H groups in total. The Morgan fingerprint density at radius 3 is 2.43 bits per heavy atom. The maximum atomic E-state index is 11.9. The molecule has 1 aliphatic carbocycles. The quantitative estimate of drug-likeness (QED) is 0.739. The molecule has 0 saturated heterocycles. The Hall–Kier alpha value is -1.56. The average molecular weight is 310 g/mol. The van der Waals surface area contributed by atoms with Crippen LogP contribution in [-0.2, 0) is 21.1 Å². The van der Waals surface area contributed by atoms with Crippen molar-refractivity contribution in [2.24, 2.45) is 5.41 Å². The molecule has 0 aromatic heterocycles. The maximum Gasteiger partial charge on any atom is 0.220 e. The van der Waals surface area contributed by atoms with Crippen molar-refractivity contribution in [2.75, 3.05) is 24.3 Å². The second-order valence-electron chi connectivity index (χ2n) is 6.09. The Morgan fingerprint density at radius 1 is 1.29 bits per heavy atom. The summed E-state index contributed by atoms with van der Waals surface area (Å²) < 4.78 is 22.7. The molecule has 1 aliphatic rings. The lowest BCUT2D eigenvalue weighted by Gasteiger charge is -2.13. The predicted octanol–water partition coefficient (Wildman–Crippen LogP) is 1.14. The van der Waals surface area contributed by atoms with E-state index in [4.69, 9.17) is 5.73 Å². The van der Waals surface area contributed by atoms with Gasteiger partial charge in [-0.1, -0.05) is 12.1 Å². The van der Waals surface area contributed by atoms with Crippen molar-refractivity contribution in [2.45, 2.75) is 25.7 Å². The minimum atomic E-state index is -3.02. The number of benzene rings is 1. The van der Waals surface area contributed by atoms with E-state index in [1.54, 1.807) is 0 Å². The lowest BCUT2D eigenvalue weighted by atomic mass is 10.1. The zero-order valence-corrected chi connectivity index (χ0v) is 13.1. The topological polar surface area (TPSA) is 89.3 Å². The van der Waals surface area contributed by atoms with Gasteiger partial charge in [0.2, 0.25) is 5.91 Å². The van der Waals surface area contributed by atoms with Crippen LogP contribution >= 0.6 is 0 Å². The van der Waals surface area contributed by atoms with Gasteiger partial charge in [0.05, 0.1) is 5.75 Å². The van der Waals surface area contributed by atoms with Crippen LogP contribution in [0.1, 0.15) is 24.8 Å². The lowest BCUT2D eigenvalue weighted by Crippen LogP contribution is -2.30. The van der Waals surface area contributed by atoms with Crippen LogP contribution in [0.3, 0.4) is 0 Å². The summed E-state index contributed by atoms with van der Waals surface area (Å²) >= 11 is 0. The second-order valence-corrected chi connectivity index (χ2v) is 8.23. The molecule has 1 amide bonds. The highest BCUT2D eigenvalue weighted by Crippen LogP contribution is 2.49. The largest absolute Gasteiger partial charge is 0.399 e. The van der Waals surface area contributed by atoms with E-state index in [9.17, 15) is 13.2 Å². The van der Waals surface area contributed by atoms with Gasteiger partial charge in [0, 0.05) is 24.9 Å². The Kier molecular flexibility index (Phi) is 4.56. The molecule has 1 saturated carbocycles. The van der Waals surface area contributed by atoms with Gasteiger partial charge in [0.1, 0.15) is 9.84 Å². The van der Waals surface area contributed by atoms with Crippen LogP contribution in [0.5, 0.6) is 0 Å². The van der Waals surface area contributed by atoms with Crippen molar-refractivity contribution < 1.29 is 13.2 Å². The highest BCUT2D eigenvalue weighted by atomic mass is 32.2. The first-order valence-corrected chi connectivity index (χ1v) is 9.13. The number of sulfone groups is 1. The lowest BCUT2D eigenvalue weighted by molar-refractivity contribution is -0.122. The zero-order chi connectivity index (χ0) is 15.5. The van der Waals surface area contributed by atoms with Gasteiger partial charge >= 0.3 is 0 Å². The summed E-state index contributed by atoms with van der Waals surface area (Å²) in [6.07, 6.45) is 3.93. The van der Waals surface area contributed by atoms with Gasteiger partial charge in [-0.3, -0.25) is 4.79 Å². The number of rotatable bonds is 7. The molecular weight excluding hydrogens is 288 g/mol. The number of hydrogen-bond acceptors (Lipinski definition) is 4. The maximum absolute atomic E-state index is 11.9. The smallest absolute Gasteiger partial charge is 0.220 e. The summed E-state index contributed by atoms with van der Waals surface area (Å²) in [5, 5.41) is 2.86. The standard InChI is InChI=1S/C15H22N2O3S/c1-21(19,20)11-15(7-8-15)10-14(18)17-9-6-12-2-4-13(16)5-3-12/h2-5H,6-11,16H2,1H3,(H,17,18). The van der Waals surface area contributed by atoms with Crippen molar-refractivity contribution >= 4 is 21.4 Å². The first kappa shape index (κ1) is 15.8. The van der Waals surface area contributed by atoms with E-state index in [1.165, 1.54) is 6.26 Å². The summed E-state index contributed by atoms with van der Waals surface area (Å²) in [5.41, 5.74) is 7.14. The number of carbonyl (C=O) groups excluding carboxylic acids is 1. The third-order valence-electron chi connectivity index (χ3n) is 3.78. The number of nitrogens with one attached hydrogen (secondary N) is 1. The predicted molar refractivity (Wildman–Crippen MR) is 83.6 cm³/mol. The van der Waals surface area contributed by atoms with E-state index in [0.717, 1.165) is 30.5 Å². The number of nitrogen functional groups attached to an aromatic ring is 1. The van der Waals surface area contributed by atoms with Crippen LogP contribution in [0.2, 0.25) is 0 Å². The minimum Gasteiger partial charge on any atom is -0.399 e. The second kappa shape index (κ2) is 6.05. The summed E-state index contributed by atoms with van der Waals surface area (Å²) in [5.74, 6) is 0.0531. The SMILES string of the molecule is CS(=O)(=O)CC1(CC(=O)NCCc2ccc(N)cc2)CC1. The summed E-state index contributed by atoms with van der Waals surface area (Å²) in [4.78, 5) is 11.9. The van der Waals surface area contributed by atoms with Crippen LogP contribution in [0.4, 0.5) is 5.69 Å². The fourth-order valence-electron chi connectivity index (χ4n) is 2.54. The van der Waals surface area contributed by atoms with E-state index in [1.807, 2.05) is 24.3 Å². The fraction of sp³-hybridized carbons (Fsp3) is 0.533. The summed E-state index contributed by atoms with van der Waals surface area (Å²) in [7, 11) is -3.02. The number of anilines is 1. The molecule has 0 spiro atoms. The van der Waals surface area contributed by atoms with Gasteiger partial charge in [-0.05, 0) is 42.4 Å². The molecular formula is C15H22N2O3S. The van der Waals surface area contributed by atoms with Gasteiger partial charge in [-0.25, -0.2) is 8.42 Å². The van der Waals surface area contributed by atoms with Crippen LogP contribution in [-0.4, -0.2) is 32.9 Å². The molecule has 0 atom stereocenters. The summed E-state index contributed by atoms with van der Waals surface area (Å²) in [6, 6.07) is 7.55. The van der Waals surface area contributed by atoms with Crippen molar-refractivity contribution in [3.05, 3.63) is 29.8 Å². The van der Waals surface area contributed by atoms with Gasteiger partial charge in [0.25, 0.3) is 0 Å². The molecule has 2 rings (SSSR count). The molecule has 0 bridgehead atoms. The van der Waals surface area contributed by atoms with Crippen LogP contribution in [0, 0.1) is 5.41 Å². The Bertz CT molecular complexity index is 604. The molecule has 1 fully saturated rings. The van der Waals surface area contributed by atoms with Gasteiger partial charge < -0.3 is 11.1 Å². The normalized spacial score (nSPS) is 16.4. The highest BCUT2D eigenvalue weighted by molar-refractivity contribution is 7.90. The van der Waals surface area contributed by atoms with E-state index in [-0.39, 0.29) is 17.1 Å². The Labute approximate surface area is 125 Å². The first-order chi connectivity index (χ1) is 9.78. The van der Waals surface area contributed by atoms with E-state index < -0.39 is 9.84 Å². The molecule has 0 aliphatic heterocycles. The molecule has 0 heterocycles. The molecule has 116 valence electrons. The molecule has 1 aromatic rings. The molecule has 21 heavy (non-hydrogen) atoms. The molecule has 0 unspecified atom stereocenters. The number of amides is 1. The number of hydrogen-bond donors (Lipinski definition) is 2. The van der Waals surface area contributed by atoms with Crippen molar-refractivity contribution in [1.82, 2.24) is 5.32 Å². The van der Waals surface area contributed by atoms with Gasteiger partial charge in [-0.2, -0.15) is 0 Å². The van der Waals surface area contributed by atoms with Crippen molar-refractivity contribution in [3.8, 4) is 0 Å². The third kappa shape index (κ3) is 5.38. The van der Waals surface area contributed by atoms with Gasteiger partial charge in [0.15, 0.2) is 0 Å². The van der Waals surface area contributed by atoms with Crippen LogP contribution < -0.4 is 11.1 Å². The molecule has 0 radical (unpaired) electrons. The van der Waals surface area contributed by atoms with E-state index in [2.05, 4.69) is 5.32 Å². The first-order valence-electron chi connectivity index (χ1n) is 7.07. The van der Waals surface area contributed by atoms with Crippen LogP contribution in [0.25, 0.3) is 0 Å². The van der Waals surface area contributed by atoms with E-state index in [0.29, 0.717) is 13.0 Å². The van der Waals surface area contributed by atoms with Gasteiger partial charge in [-0.15, -0.1) is 0 Å². The minimum absolute atomic E-state index is 0.0633. The average Bonchev–Trinajstić information content (AvgIpc) is 3.08. The van der Waals surface area contributed by atoms with Crippen molar-refractivity contribution in [3.63, 3.8) is 0 Å². The number of nitrogens with two attached hydrogens (primary N) is 1. The third-order valence-corrected chi connectivity index (χ3v) is 4.91. The number of carbonyl (C=O) groups is 1. The Morgan fingerprint density at radius 2 is 1.90 bits per heavy atom. The Balaban J connectivity index is 1.74. The zero-order valence-electron chi connectivity index (χ0n) is 12.3.